The minimum absolute atomic E-state index is 0.0679. The molecule has 1 aliphatic rings. The first-order chi connectivity index (χ1) is 16.0. The third-order valence-electron chi connectivity index (χ3n) is 5.66. The smallest absolute Gasteiger partial charge is 0.343 e. The Morgan fingerprint density at radius 3 is 2.45 bits per heavy atom. The van der Waals surface area contributed by atoms with E-state index in [4.69, 9.17) is 14.2 Å². The van der Waals surface area contributed by atoms with Crippen LogP contribution < -0.4 is 5.43 Å². The summed E-state index contributed by atoms with van der Waals surface area (Å²) in [6, 6.07) is 10.5. The van der Waals surface area contributed by atoms with Crippen LogP contribution in [0.1, 0.15) is 61.9 Å². The molecule has 1 fully saturated rings. The van der Waals surface area contributed by atoms with Crippen LogP contribution in [0, 0.1) is 5.82 Å². The monoisotopic (exact) mass is 453 g/mol. The molecule has 3 aromatic rings. The average molecular weight is 454 g/mol. The van der Waals surface area contributed by atoms with E-state index >= 15 is 4.39 Å². The van der Waals surface area contributed by atoms with Crippen LogP contribution in [0.2, 0.25) is 0 Å². The second-order valence-corrected chi connectivity index (χ2v) is 7.95. The molecule has 0 saturated heterocycles. The summed E-state index contributed by atoms with van der Waals surface area (Å²) in [5.41, 5.74) is 1.82. The first kappa shape index (κ1) is 23.1. The van der Waals surface area contributed by atoms with Gasteiger partial charge in [-0.15, -0.1) is 0 Å². The second-order valence-electron chi connectivity index (χ2n) is 7.95. The van der Waals surface area contributed by atoms with Gasteiger partial charge in [-0.2, -0.15) is 0 Å². The Labute approximate surface area is 191 Å². The quantitative estimate of drug-likeness (QED) is 0.321. The van der Waals surface area contributed by atoms with E-state index in [1.165, 1.54) is 6.07 Å². The fraction of sp³-hybridized carbons (Fsp3) is 0.385. The molecule has 1 aromatic heterocycles. The molecule has 1 saturated carbocycles. The Hall–Kier alpha value is -3.03. The highest BCUT2D eigenvalue weighted by Gasteiger charge is 2.28. The van der Waals surface area contributed by atoms with Crippen LogP contribution >= 0.6 is 0 Å². The Bertz CT molecular complexity index is 1230. The number of carbonyl (C=O) groups excluding carboxylic acids is 1. The van der Waals surface area contributed by atoms with E-state index < -0.39 is 23.5 Å². The maximum absolute atomic E-state index is 15.3. The molecule has 6 nitrogen and oxygen atoms in total. The Kier molecular flexibility index (Phi) is 6.91. The molecule has 0 atom stereocenters. The number of hydrogen-bond acceptors (Lipinski definition) is 5. The normalized spacial score (nSPS) is 13.6. The van der Waals surface area contributed by atoms with Crippen LogP contribution in [0.5, 0.6) is 0 Å². The molecule has 33 heavy (non-hydrogen) atoms. The summed E-state index contributed by atoms with van der Waals surface area (Å²) >= 11 is 0. The van der Waals surface area contributed by atoms with Crippen molar-refractivity contribution in [2.24, 2.45) is 0 Å². The standard InChI is InChI=1S/C26H28FNO5/c1-4-31-25(30)21-15-28(18-10-11-18)23-14-19(22(27)13-20(23)24(21)29)16-8-7-9-17(12-16)26(32-5-2)33-6-3/h7-9,12-15,18,26H,4-6,10-11H2,1-3H3. The zero-order chi connectivity index (χ0) is 23.5. The van der Waals surface area contributed by atoms with E-state index in [2.05, 4.69) is 0 Å². The number of pyridine rings is 1. The van der Waals surface area contributed by atoms with Crippen LogP contribution in [0.25, 0.3) is 22.0 Å². The number of halogens is 1. The SMILES string of the molecule is CCOC(=O)c1cn(C2CC2)c2cc(-c3cccc(C(OCC)OCC)c3)c(F)cc2c1=O. The summed E-state index contributed by atoms with van der Waals surface area (Å²) in [6.45, 7) is 6.58. The predicted molar refractivity (Wildman–Crippen MR) is 124 cm³/mol. The number of hydrogen-bond donors (Lipinski definition) is 0. The third-order valence-corrected chi connectivity index (χ3v) is 5.66. The molecule has 1 aliphatic carbocycles. The van der Waals surface area contributed by atoms with Gasteiger partial charge in [0.1, 0.15) is 11.4 Å². The number of ether oxygens (including phenoxy) is 3. The number of esters is 1. The topological polar surface area (TPSA) is 66.8 Å². The minimum atomic E-state index is -0.686. The highest BCUT2D eigenvalue weighted by atomic mass is 19.1. The van der Waals surface area contributed by atoms with Gasteiger partial charge in [-0.25, -0.2) is 9.18 Å². The van der Waals surface area contributed by atoms with Gasteiger partial charge in [0.2, 0.25) is 5.43 Å². The molecular formula is C26H28FNO5. The molecule has 0 spiro atoms. The second kappa shape index (κ2) is 9.85. The van der Waals surface area contributed by atoms with E-state index in [-0.39, 0.29) is 23.6 Å². The molecule has 0 aliphatic heterocycles. The predicted octanol–water partition coefficient (Wildman–Crippen LogP) is 5.39. The van der Waals surface area contributed by atoms with Gasteiger partial charge in [0.05, 0.1) is 12.1 Å². The summed E-state index contributed by atoms with van der Waals surface area (Å²) in [5.74, 6) is -1.22. The molecule has 0 N–H and O–H groups in total. The van der Waals surface area contributed by atoms with Crippen molar-refractivity contribution in [2.75, 3.05) is 19.8 Å². The van der Waals surface area contributed by atoms with Crippen LogP contribution in [-0.2, 0) is 14.2 Å². The number of aromatic nitrogens is 1. The number of nitrogens with zero attached hydrogens (tertiary/aromatic N) is 1. The van der Waals surface area contributed by atoms with Gasteiger partial charge < -0.3 is 18.8 Å². The summed E-state index contributed by atoms with van der Waals surface area (Å²) in [4.78, 5) is 25.3. The zero-order valence-electron chi connectivity index (χ0n) is 19.1. The van der Waals surface area contributed by atoms with Gasteiger partial charge >= 0.3 is 5.97 Å². The van der Waals surface area contributed by atoms with Crippen molar-refractivity contribution in [3.05, 3.63) is 69.8 Å². The minimum Gasteiger partial charge on any atom is -0.462 e. The van der Waals surface area contributed by atoms with Crippen molar-refractivity contribution in [3.8, 4) is 11.1 Å². The molecule has 0 radical (unpaired) electrons. The first-order valence-corrected chi connectivity index (χ1v) is 11.4. The lowest BCUT2D eigenvalue weighted by atomic mass is 9.99. The molecule has 0 bridgehead atoms. The summed E-state index contributed by atoms with van der Waals surface area (Å²) in [6.07, 6.45) is 2.89. The lowest BCUT2D eigenvalue weighted by molar-refractivity contribution is -0.140. The van der Waals surface area contributed by atoms with E-state index in [1.54, 1.807) is 19.2 Å². The van der Waals surface area contributed by atoms with Gasteiger partial charge in [0.15, 0.2) is 6.29 Å². The van der Waals surface area contributed by atoms with Crippen LogP contribution in [-0.4, -0.2) is 30.4 Å². The highest BCUT2D eigenvalue weighted by Crippen LogP contribution is 2.38. The Balaban J connectivity index is 1.86. The van der Waals surface area contributed by atoms with Gasteiger partial charge in [-0.1, -0.05) is 18.2 Å². The van der Waals surface area contributed by atoms with Gasteiger partial charge in [-0.05, 0) is 57.4 Å². The van der Waals surface area contributed by atoms with Crippen LogP contribution in [0.4, 0.5) is 4.39 Å². The van der Waals surface area contributed by atoms with Crippen LogP contribution in [0.3, 0.4) is 0 Å². The van der Waals surface area contributed by atoms with E-state index in [9.17, 15) is 9.59 Å². The molecule has 0 unspecified atom stereocenters. The van der Waals surface area contributed by atoms with E-state index in [1.807, 2.05) is 42.7 Å². The van der Waals surface area contributed by atoms with Gasteiger partial charge in [-0.3, -0.25) is 4.79 Å². The van der Waals surface area contributed by atoms with Gasteiger partial charge in [0, 0.05) is 42.0 Å². The highest BCUT2D eigenvalue weighted by molar-refractivity contribution is 5.95. The van der Waals surface area contributed by atoms with Crippen molar-refractivity contribution < 1.29 is 23.4 Å². The average Bonchev–Trinajstić information content (AvgIpc) is 3.65. The van der Waals surface area contributed by atoms with Gasteiger partial charge in [0.25, 0.3) is 0 Å². The number of carbonyl (C=O) groups is 1. The maximum Gasteiger partial charge on any atom is 0.343 e. The fourth-order valence-corrected chi connectivity index (χ4v) is 4.00. The first-order valence-electron chi connectivity index (χ1n) is 11.4. The maximum atomic E-state index is 15.3. The molecule has 2 aromatic carbocycles. The van der Waals surface area contributed by atoms with Crippen molar-refractivity contribution in [2.45, 2.75) is 45.9 Å². The number of fused-ring (bicyclic) bond motifs is 1. The van der Waals surface area contributed by atoms with Crippen molar-refractivity contribution in [3.63, 3.8) is 0 Å². The summed E-state index contributed by atoms with van der Waals surface area (Å²) in [7, 11) is 0. The lowest BCUT2D eigenvalue weighted by Gasteiger charge is -2.18. The number of rotatable bonds is 9. The fourth-order valence-electron chi connectivity index (χ4n) is 4.00. The molecular weight excluding hydrogens is 425 g/mol. The van der Waals surface area contributed by atoms with E-state index in [0.717, 1.165) is 18.4 Å². The molecule has 0 amide bonds. The lowest BCUT2D eigenvalue weighted by Crippen LogP contribution is -2.21. The molecule has 7 heteroatoms. The zero-order valence-corrected chi connectivity index (χ0v) is 19.1. The van der Waals surface area contributed by atoms with Crippen molar-refractivity contribution >= 4 is 16.9 Å². The molecule has 4 rings (SSSR count). The molecule has 1 heterocycles. The summed E-state index contributed by atoms with van der Waals surface area (Å²) < 4.78 is 33.6. The molecule has 174 valence electrons. The van der Waals surface area contributed by atoms with Crippen molar-refractivity contribution in [1.29, 1.82) is 0 Å². The third kappa shape index (κ3) is 4.70. The Morgan fingerprint density at radius 2 is 1.82 bits per heavy atom. The van der Waals surface area contributed by atoms with Crippen LogP contribution in [0.15, 0.2) is 47.4 Å². The largest absolute Gasteiger partial charge is 0.462 e. The van der Waals surface area contributed by atoms with E-state index in [0.29, 0.717) is 29.9 Å². The Morgan fingerprint density at radius 1 is 1.09 bits per heavy atom. The van der Waals surface area contributed by atoms with Crippen molar-refractivity contribution in [1.82, 2.24) is 4.57 Å². The number of benzene rings is 2. The summed E-state index contributed by atoms with van der Waals surface area (Å²) in [5, 5.41) is 0.173.